The number of aryl methyl sites for hydroxylation is 1. The SMILES string of the molecule is CN(CCC(=O)Nc1sc2c(c1C#N)CCC2)CC(C)(C)O. The Kier molecular flexibility index (Phi) is 5.22. The van der Waals surface area contributed by atoms with Crippen molar-refractivity contribution in [3.63, 3.8) is 0 Å². The van der Waals surface area contributed by atoms with Gasteiger partial charge in [-0.3, -0.25) is 4.79 Å². The van der Waals surface area contributed by atoms with E-state index in [2.05, 4.69) is 11.4 Å². The van der Waals surface area contributed by atoms with Crippen molar-refractivity contribution >= 4 is 22.2 Å². The van der Waals surface area contributed by atoms with Gasteiger partial charge in [-0.15, -0.1) is 11.3 Å². The number of likely N-dealkylation sites (N-methyl/N-ethyl adjacent to an activating group) is 1. The van der Waals surface area contributed by atoms with Crippen molar-refractivity contribution < 1.29 is 9.90 Å². The van der Waals surface area contributed by atoms with Crippen LogP contribution in [0.25, 0.3) is 0 Å². The van der Waals surface area contributed by atoms with Crippen molar-refractivity contribution in [1.82, 2.24) is 4.90 Å². The van der Waals surface area contributed by atoms with Crippen LogP contribution in [-0.4, -0.2) is 41.7 Å². The molecule has 1 heterocycles. The molecule has 0 unspecified atom stereocenters. The van der Waals surface area contributed by atoms with E-state index in [1.807, 2.05) is 11.9 Å². The number of amides is 1. The molecule has 5 nitrogen and oxygen atoms in total. The molecule has 2 rings (SSSR count). The van der Waals surface area contributed by atoms with E-state index in [0.29, 0.717) is 30.1 Å². The van der Waals surface area contributed by atoms with Gasteiger partial charge in [0.15, 0.2) is 0 Å². The minimum Gasteiger partial charge on any atom is -0.389 e. The molecule has 1 aromatic rings. The van der Waals surface area contributed by atoms with Crippen LogP contribution in [0.4, 0.5) is 5.00 Å². The van der Waals surface area contributed by atoms with Crippen molar-refractivity contribution in [1.29, 1.82) is 5.26 Å². The summed E-state index contributed by atoms with van der Waals surface area (Å²) in [7, 11) is 1.88. The molecule has 22 heavy (non-hydrogen) atoms. The van der Waals surface area contributed by atoms with Crippen molar-refractivity contribution in [2.75, 3.05) is 25.5 Å². The largest absolute Gasteiger partial charge is 0.389 e. The van der Waals surface area contributed by atoms with Crippen LogP contribution < -0.4 is 5.32 Å². The molecule has 0 radical (unpaired) electrons. The van der Waals surface area contributed by atoms with Crippen molar-refractivity contribution in [2.45, 2.75) is 45.1 Å². The van der Waals surface area contributed by atoms with Crippen LogP contribution in [0.15, 0.2) is 0 Å². The highest BCUT2D eigenvalue weighted by Gasteiger charge is 2.23. The molecule has 0 fully saturated rings. The average molecular weight is 321 g/mol. The number of nitriles is 1. The average Bonchev–Trinajstić information content (AvgIpc) is 2.94. The smallest absolute Gasteiger partial charge is 0.226 e. The first-order valence-corrected chi connectivity index (χ1v) is 8.37. The fourth-order valence-electron chi connectivity index (χ4n) is 2.83. The molecule has 2 N–H and O–H groups in total. The lowest BCUT2D eigenvalue weighted by Crippen LogP contribution is -2.37. The van der Waals surface area contributed by atoms with Crippen LogP contribution in [0.1, 0.15) is 42.7 Å². The number of nitrogens with zero attached hydrogens (tertiary/aromatic N) is 2. The summed E-state index contributed by atoms with van der Waals surface area (Å²) >= 11 is 1.54. The first-order chi connectivity index (χ1) is 10.3. The van der Waals surface area contributed by atoms with E-state index in [4.69, 9.17) is 0 Å². The van der Waals surface area contributed by atoms with Crippen LogP contribution in [0.3, 0.4) is 0 Å². The predicted octanol–water partition coefficient (Wildman–Crippen LogP) is 2.14. The molecular weight excluding hydrogens is 298 g/mol. The number of nitrogens with one attached hydrogen (secondary N) is 1. The minimum absolute atomic E-state index is 0.0842. The number of hydrogen-bond donors (Lipinski definition) is 2. The number of carbonyl (C=O) groups is 1. The monoisotopic (exact) mass is 321 g/mol. The molecule has 1 aromatic heterocycles. The summed E-state index contributed by atoms with van der Waals surface area (Å²) in [4.78, 5) is 15.2. The Hall–Kier alpha value is -1.42. The van der Waals surface area contributed by atoms with Gasteiger partial charge in [-0.2, -0.15) is 5.26 Å². The van der Waals surface area contributed by atoms with Crippen LogP contribution in [0.5, 0.6) is 0 Å². The Bertz CT molecular complexity index is 596. The summed E-state index contributed by atoms with van der Waals surface area (Å²) in [5.74, 6) is -0.0842. The van der Waals surface area contributed by atoms with Gasteiger partial charge in [-0.1, -0.05) is 0 Å². The summed E-state index contributed by atoms with van der Waals surface area (Å²) in [6.07, 6.45) is 3.41. The first-order valence-electron chi connectivity index (χ1n) is 7.55. The van der Waals surface area contributed by atoms with E-state index in [9.17, 15) is 15.2 Å². The molecule has 0 aliphatic heterocycles. The van der Waals surface area contributed by atoms with Crippen LogP contribution in [-0.2, 0) is 17.6 Å². The maximum atomic E-state index is 12.1. The summed E-state index contributed by atoms with van der Waals surface area (Å²) in [6, 6.07) is 2.23. The third-order valence-electron chi connectivity index (χ3n) is 3.66. The molecule has 1 amide bonds. The highest BCUT2D eigenvalue weighted by atomic mass is 32.1. The number of thiophene rings is 1. The maximum Gasteiger partial charge on any atom is 0.226 e. The Morgan fingerprint density at radius 1 is 1.50 bits per heavy atom. The second kappa shape index (κ2) is 6.78. The molecule has 1 aliphatic rings. The van der Waals surface area contributed by atoms with Gasteiger partial charge in [0.1, 0.15) is 11.1 Å². The number of anilines is 1. The molecule has 0 saturated heterocycles. The summed E-state index contributed by atoms with van der Waals surface area (Å²) in [5, 5.41) is 22.6. The van der Waals surface area contributed by atoms with Gasteiger partial charge in [-0.05, 0) is 45.7 Å². The van der Waals surface area contributed by atoms with Gasteiger partial charge in [0, 0.05) is 24.4 Å². The van der Waals surface area contributed by atoms with Crippen LogP contribution in [0.2, 0.25) is 0 Å². The Balaban J connectivity index is 1.89. The fraction of sp³-hybridized carbons (Fsp3) is 0.625. The van der Waals surface area contributed by atoms with E-state index in [1.165, 1.54) is 16.2 Å². The van der Waals surface area contributed by atoms with Crippen molar-refractivity contribution in [3.8, 4) is 6.07 Å². The lowest BCUT2D eigenvalue weighted by Gasteiger charge is -2.25. The Labute approximate surface area is 135 Å². The standard InChI is InChI=1S/C16H23N3O2S/c1-16(2,21)10-19(3)8-7-14(20)18-15-12(9-17)11-5-4-6-13(11)22-15/h21H,4-8,10H2,1-3H3,(H,18,20). The third kappa shape index (κ3) is 4.29. The molecule has 0 atom stereocenters. The predicted molar refractivity (Wildman–Crippen MR) is 88.1 cm³/mol. The number of carbonyl (C=O) groups excluding carboxylic acids is 1. The summed E-state index contributed by atoms with van der Waals surface area (Å²) in [5.41, 5.74) is 1.01. The quantitative estimate of drug-likeness (QED) is 0.841. The highest BCUT2D eigenvalue weighted by Crippen LogP contribution is 2.38. The summed E-state index contributed by atoms with van der Waals surface area (Å²) < 4.78 is 0. The number of hydrogen-bond acceptors (Lipinski definition) is 5. The zero-order valence-corrected chi connectivity index (χ0v) is 14.2. The number of fused-ring (bicyclic) bond motifs is 1. The van der Waals surface area contributed by atoms with E-state index in [1.54, 1.807) is 13.8 Å². The second-order valence-electron chi connectivity index (χ2n) is 6.52. The lowest BCUT2D eigenvalue weighted by molar-refractivity contribution is -0.116. The first kappa shape index (κ1) is 16.9. The highest BCUT2D eigenvalue weighted by molar-refractivity contribution is 7.16. The van der Waals surface area contributed by atoms with Gasteiger partial charge < -0.3 is 15.3 Å². The molecule has 0 saturated carbocycles. The summed E-state index contributed by atoms with van der Waals surface area (Å²) in [6.45, 7) is 4.58. The number of aliphatic hydroxyl groups is 1. The van der Waals surface area contributed by atoms with Crippen LogP contribution in [0, 0.1) is 11.3 Å². The Morgan fingerprint density at radius 2 is 2.23 bits per heavy atom. The molecular formula is C16H23N3O2S. The van der Waals surface area contributed by atoms with E-state index in [-0.39, 0.29) is 5.91 Å². The molecule has 0 aromatic carbocycles. The van der Waals surface area contributed by atoms with Gasteiger partial charge in [0.25, 0.3) is 0 Å². The van der Waals surface area contributed by atoms with Gasteiger partial charge in [-0.25, -0.2) is 0 Å². The minimum atomic E-state index is -0.770. The molecule has 1 aliphatic carbocycles. The third-order valence-corrected chi connectivity index (χ3v) is 4.87. The normalized spacial score (nSPS) is 14.0. The van der Waals surface area contributed by atoms with Gasteiger partial charge in [0.2, 0.25) is 5.91 Å². The van der Waals surface area contributed by atoms with E-state index < -0.39 is 5.60 Å². The fourth-order valence-corrected chi connectivity index (χ4v) is 4.09. The van der Waals surface area contributed by atoms with Crippen molar-refractivity contribution in [3.05, 3.63) is 16.0 Å². The lowest BCUT2D eigenvalue weighted by atomic mass is 10.1. The van der Waals surface area contributed by atoms with E-state index >= 15 is 0 Å². The van der Waals surface area contributed by atoms with Crippen molar-refractivity contribution in [2.24, 2.45) is 0 Å². The van der Waals surface area contributed by atoms with E-state index in [0.717, 1.165) is 24.8 Å². The van der Waals surface area contributed by atoms with Gasteiger partial charge in [0.05, 0.1) is 11.2 Å². The number of rotatable bonds is 6. The Morgan fingerprint density at radius 3 is 2.86 bits per heavy atom. The zero-order valence-electron chi connectivity index (χ0n) is 13.4. The molecule has 0 bridgehead atoms. The molecule has 0 spiro atoms. The maximum absolute atomic E-state index is 12.1. The van der Waals surface area contributed by atoms with Crippen LogP contribution >= 0.6 is 11.3 Å². The zero-order chi connectivity index (χ0) is 16.3. The second-order valence-corrected chi connectivity index (χ2v) is 7.63. The topological polar surface area (TPSA) is 76.4 Å². The molecule has 120 valence electrons. The molecule has 6 heteroatoms. The van der Waals surface area contributed by atoms with Gasteiger partial charge >= 0.3 is 0 Å².